The molecule has 0 aliphatic carbocycles. The summed E-state index contributed by atoms with van der Waals surface area (Å²) in [5.41, 5.74) is 0. The molecule has 1 unspecified atom stereocenters. The number of ether oxygens (including phenoxy) is 1. The van der Waals surface area contributed by atoms with Gasteiger partial charge in [0.25, 0.3) is 0 Å². The van der Waals surface area contributed by atoms with Gasteiger partial charge in [0.05, 0.1) is 6.10 Å². The van der Waals surface area contributed by atoms with Crippen LogP contribution in [0.15, 0.2) is 0 Å². The van der Waals surface area contributed by atoms with E-state index in [0.29, 0.717) is 4.38 Å². The molecule has 0 saturated carbocycles. The van der Waals surface area contributed by atoms with Gasteiger partial charge < -0.3 is 6.16 Å². The number of thiol groups is 1. The molecule has 0 aliphatic rings. The molecule has 0 radical (unpaired) electrons. The van der Waals surface area contributed by atoms with Crippen LogP contribution in [0.2, 0.25) is 0 Å². The largest absolute Gasteiger partial charge is 1.00 e. The zero-order chi connectivity index (χ0) is 9.40. The average molecular weight is 230 g/mol. The molecule has 1 nitrogen and oxygen atoms in total. The smallest absolute Gasteiger partial charge is 1.00 e. The second-order valence-corrected chi connectivity index (χ2v) is 4.12. The summed E-state index contributed by atoms with van der Waals surface area (Å²) in [7, 11) is 0. The molecule has 0 bridgehead atoms. The number of hydrogen-bond donors (Lipinski definition) is 1. The molecular weight excluding hydrogens is 211 g/mol. The summed E-state index contributed by atoms with van der Waals surface area (Å²) in [5, 5.41) is 0. The maximum atomic E-state index is 5.23. The Kier molecular flexibility index (Phi) is 14.5. The van der Waals surface area contributed by atoms with Gasteiger partial charge in [-0.2, -0.15) is 0 Å². The quantitative estimate of drug-likeness (QED) is 0.311. The maximum Gasteiger partial charge on any atom is 1.00 e. The van der Waals surface area contributed by atoms with E-state index in [1.807, 2.05) is 6.92 Å². The van der Waals surface area contributed by atoms with Gasteiger partial charge in [-0.15, -0.1) is 0 Å². The Hall–Kier alpha value is 1.24. The fourth-order valence-electron chi connectivity index (χ4n) is 1.09. The summed E-state index contributed by atoms with van der Waals surface area (Å²) in [6.07, 6.45) is 6.43. The van der Waals surface area contributed by atoms with Crippen molar-refractivity contribution in [3.8, 4) is 0 Å². The van der Waals surface area contributed by atoms with E-state index in [0.717, 1.165) is 6.42 Å². The molecule has 1 atom stereocenters. The van der Waals surface area contributed by atoms with Crippen molar-refractivity contribution in [3.05, 3.63) is 0 Å². The van der Waals surface area contributed by atoms with Crippen LogP contribution >= 0.6 is 24.8 Å². The van der Waals surface area contributed by atoms with E-state index in [9.17, 15) is 0 Å². The van der Waals surface area contributed by atoms with Crippen molar-refractivity contribution < 1.29 is 35.7 Å². The second-order valence-electron chi connectivity index (χ2n) is 3.04. The van der Waals surface area contributed by atoms with Crippen LogP contribution in [-0.2, 0) is 4.74 Å². The molecular formula is C9H19NaOS2. The molecule has 0 N–H and O–H groups in total. The molecule has 0 amide bonds. The van der Waals surface area contributed by atoms with Crippen molar-refractivity contribution in [2.24, 2.45) is 0 Å². The third kappa shape index (κ3) is 13.2. The number of unbranched alkanes of at least 4 members (excludes halogenated alkanes) is 3. The molecule has 0 aromatic heterocycles. The van der Waals surface area contributed by atoms with Crippen molar-refractivity contribution in [2.45, 2.75) is 52.1 Å². The van der Waals surface area contributed by atoms with E-state index >= 15 is 0 Å². The van der Waals surface area contributed by atoms with Gasteiger partial charge in [-0.1, -0.05) is 38.8 Å². The normalized spacial score (nSPS) is 11.6. The first-order valence-corrected chi connectivity index (χ1v) is 5.42. The van der Waals surface area contributed by atoms with Gasteiger partial charge in [-0.3, -0.25) is 0 Å². The van der Waals surface area contributed by atoms with Crippen molar-refractivity contribution in [1.82, 2.24) is 0 Å². The molecule has 0 saturated heterocycles. The Morgan fingerprint density at radius 3 is 2.54 bits per heavy atom. The summed E-state index contributed by atoms with van der Waals surface area (Å²) < 4.78 is 5.59. The van der Waals surface area contributed by atoms with Crippen LogP contribution in [0.4, 0.5) is 0 Å². The molecule has 0 spiro atoms. The van der Waals surface area contributed by atoms with Crippen LogP contribution in [-0.4, -0.2) is 10.5 Å². The molecule has 74 valence electrons. The SMILES string of the molecule is CCCCCCC(C)OC(=S)S.[H-].[Na+]. The van der Waals surface area contributed by atoms with Crippen LogP contribution in [0.5, 0.6) is 0 Å². The summed E-state index contributed by atoms with van der Waals surface area (Å²) in [4.78, 5) is 0. The third-order valence-corrected chi connectivity index (χ3v) is 1.97. The van der Waals surface area contributed by atoms with Crippen LogP contribution in [0.25, 0.3) is 0 Å². The number of hydrogen-bond acceptors (Lipinski definition) is 2. The molecule has 0 rings (SSSR count). The van der Waals surface area contributed by atoms with Gasteiger partial charge in [0, 0.05) is 0 Å². The summed E-state index contributed by atoms with van der Waals surface area (Å²) in [6, 6.07) is 0. The fourth-order valence-corrected chi connectivity index (χ4v) is 1.43. The summed E-state index contributed by atoms with van der Waals surface area (Å²) in [5.74, 6) is 0. The van der Waals surface area contributed by atoms with E-state index < -0.39 is 0 Å². The molecule has 0 heterocycles. The number of rotatable bonds is 6. The molecule has 0 aliphatic heterocycles. The molecule has 0 aromatic rings. The second kappa shape index (κ2) is 11.3. The number of thiocarbonyl (C=S) groups is 1. The van der Waals surface area contributed by atoms with Gasteiger partial charge in [0.15, 0.2) is 0 Å². The minimum absolute atomic E-state index is 0. The van der Waals surface area contributed by atoms with Crippen LogP contribution < -0.4 is 29.6 Å². The monoisotopic (exact) mass is 230 g/mol. The summed E-state index contributed by atoms with van der Waals surface area (Å²) >= 11 is 8.63. The van der Waals surface area contributed by atoms with Crippen molar-refractivity contribution in [2.75, 3.05) is 0 Å². The summed E-state index contributed by atoms with van der Waals surface area (Å²) in [6.45, 7) is 4.25. The topological polar surface area (TPSA) is 9.23 Å². The molecule has 0 aromatic carbocycles. The molecule has 13 heavy (non-hydrogen) atoms. The van der Waals surface area contributed by atoms with E-state index in [1.54, 1.807) is 0 Å². The van der Waals surface area contributed by atoms with E-state index in [4.69, 9.17) is 17.0 Å². The van der Waals surface area contributed by atoms with Crippen LogP contribution in [0, 0.1) is 0 Å². The Morgan fingerprint density at radius 2 is 2.08 bits per heavy atom. The molecule has 4 heteroatoms. The Balaban J connectivity index is -0.000000605. The van der Waals surface area contributed by atoms with Gasteiger partial charge in [-0.25, -0.2) is 0 Å². The van der Waals surface area contributed by atoms with E-state index in [2.05, 4.69) is 19.6 Å². The van der Waals surface area contributed by atoms with Crippen LogP contribution in [0.1, 0.15) is 47.4 Å². The standard InChI is InChI=1S/C9H18OS2.Na.H/c1-3-4-5-6-7-8(2)10-9(11)12;;/h8H,3-7H2,1-2H3,(H,11,12);;/q;+1;-1. The van der Waals surface area contributed by atoms with Gasteiger partial charge in [0.2, 0.25) is 4.38 Å². The first-order valence-electron chi connectivity index (χ1n) is 4.56. The first-order chi connectivity index (χ1) is 5.66. The van der Waals surface area contributed by atoms with Crippen molar-refractivity contribution in [1.29, 1.82) is 0 Å². The van der Waals surface area contributed by atoms with Gasteiger partial charge >= 0.3 is 29.6 Å². The van der Waals surface area contributed by atoms with Gasteiger partial charge in [0.1, 0.15) is 0 Å². The van der Waals surface area contributed by atoms with Crippen LogP contribution in [0.3, 0.4) is 0 Å². The minimum atomic E-state index is 0. The zero-order valence-electron chi connectivity index (χ0n) is 9.88. The van der Waals surface area contributed by atoms with Crippen molar-refractivity contribution >= 4 is 29.2 Å². The predicted molar refractivity (Wildman–Crippen MR) is 62.0 cm³/mol. The van der Waals surface area contributed by atoms with E-state index in [1.165, 1.54) is 25.7 Å². The van der Waals surface area contributed by atoms with Crippen molar-refractivity contribution in [3.63, 3.8) is 0 Å². The maximum absolute atomic E-state index is 5.23. The minimum Gasteiger partial charge on any atom is -1.00 e. The Bertz CT molecular complexity index is 136. The zero-order valence-corrected chi connectivity index (χ0v) is 12.6. The Morgan fingerprint density at radius 1 is 1.46 bits per heavy atom. The fraction of sp³-hybridized carbons (Fsp3) is 0.889. The molecule has 0 fully saturated rings. The predicted octanol–water partition coefficient (Wildman–Crippen LogP) is 0.693. The third-order valence-electron chi connectivity index (χ3n) is 1.77. The average Bonchev–Trinajstić information content (AvgIpc) is 1.97. The Labute approximate surface area is 116 Å². The first kappa shape index (κ1) is 16.7. The van der Waals surface area contributed by atoms with Gasteiger partial charge in [-0.05, 0) is 32.0 Å². The van der Waals surface area contributed by atoms with E-state index in [-0.39, 0.29) is 37.1 Å².